The van der Waals surface area contributed by atoms with E-state index >= 15 is 0 Å². The van der Waals surface area contributed by atoms with E-state index in [9.17, 15) is 9.59 Å². The highest BCUT2D eigenvalue weighted by molar-refractivity contribution is 6.02. The fraction of sp³-hybridized carbons (Fsp3) is 0.583. The number of nitrogens with one attached hydrogen (secondary N) is 1. The maximum atomic E-state index is 12.1. The molecule has 0 aromatic carbocycles. The molecule has 0 bridgehead atoms. The van der Waals surface area contributed by atoms with Crippen LogP contribution in [0.15, 0.2) is 18.7 Å². The molecule has 98 valence electrons. The van der Waals surface area contributed by atoms with Crippen LogP contribution in [-0.2, 0) is 16.1 Å². The van der Waals surface area contributed by atoms with Crippen molar-refractivity contribution < 1.29 is 9.59 Å². The number of aryl methyl sites for hydroxylation is 1. The largest absolute Gasteiger partial charge is 0.337 e. The van der Waals surface area contributed by atoms with Crippen LogP contribution < -0.4 is 5.32 Å². The minimum Gasteiger partial charge on any atom is -0.337 e. The van der Waals surface area contributed by atoms with Crippen LogP contribution in [0.4, 0.5) is 0 Å². The Morgan fingerprint density at radius 3 is 2.83 bits per heavy atom. The molecule has 1 N–H and O–H groups in total. The third-order valence-corrected chi connectivity index (χ3v) is 3.12. The normalized spacial score (nSPS) is 19.3. The Morgan fingerprint density at radius 2 is 2.17 bits per heavy atom. The van der Waals surface area contributed by atoms with Crippen LogP contribution in [0, 0.1) is 0 Å². The molecule has 0 aliphatic carbocycles. The first kappa shape index (κ1) is 12.8. The lowest BCUT2D eigenvalue weighted by molar-refractivity contribution is -0.152. The van der Waals surface area contributed by atoms with E-state index in [4.69, 9.17) is 0 Å². The van der Waals surface area contributed by atoms with Crippen molar-refractivity contribution in [3.05, 3.63) is 18.7 Å². The molecule has 1 aromatic rings. The minimum atomic E-state index is -0.650. The summed E-state index contributed by atoms with van der Waals surface area (Å²) in [4.78, 5) is 29.1. The van der Waals surface area contributed by atoms with Crippen molar-refractivity contribution in [1.29, 1.82) is 0 Å². The molecule has 1 aromatic heterocycles. The van der Waals surface area contributed by atoms with Crippen LogP contribution in [-0.4, -0.2) is 44.9 Å². The van der Waals surface area contributed by atoms with E-state index in [-0.39, 0.29) is 18.4 Å². The lowest BCUT2D eigenvalue weighted by Gasteiger charge is -2.36. The first-order chi connectivity index (χ1) is 8.50. The van der Waals surface area contributed by atoms with Crippen molar-refractivity contribution in [1.82, 2.24) is 19.8 Å². The summed E-state index contributed by atoms with van der Waals surface area (Å²) in [6.07, 6.45) is 6.05. The van der Waals surface area contributed by atoms with Gasteiger partial charge in [0.15, 0.2) is 0 Å². The second-order valence-electron chi connectivity index (χ2n) is 4.98. The van der Waals surface area contributed by atoms with E-state index < -0.39 is 5.54 Å². The zero-order chi connectivity index (χ0) is 13.2. The smallest absolute Gasteiger partial charge is 0.248 e. The molecule has 0 atom stereocenters. The molecule has 6 heteroatoms. The van der Waals surface area contributed by atoms with Crippen LogP contribution in [0.1, 0.15) is 20.3 Å². The van der Waals surface area contributed by atoms with Gasteiger partial charge in [-0.3, -0.25) is 19.8 Å². The predicted molar refractivity (Wildman–Crippen MR) is 65.6 cm³/mol. The molecule has 1 aliphatic rings. The van der Waals surface area contributed by atoms with Gasteiger partial charge in [-0.15, -0.1) is 0 Å². The van der Waals surface area contributed by atoms with Gasteiger partial charge in [-0.2, -0.15) is 0 Å². The summed E-state index contributed by atoms with van der Waals surface area (Å²) in [5.74, 6) is -0.297. The number of hydrogen-bond donors (Lipinski definition) is 1. The standard InChI is InChI=1S/C12H18N4O2/c1-12(2)11(18)16(10(17)8-14-12)6-3-5-15-7-4-13-9-15/h4,7,9,14H,3,5-6,8H2,1-2H3. The number of imidazole rings is 1. The van der Waals surface area contributed by atoms with Crippen molar-refractivity contribution >= 4 is 11.8 Å². The van der Waals surface area contributed by atoms with Gasteiger partial charge in [-0.1, -0.05) is 0 Å². The monoisotopic (exact) mass is 250 g/mol. The Balaban J connectivity index is 1.90. The third-order valence-electron chi connectivity index (χ3n) is 3.12. The lowest BCUT2D eigenvalue weighted by atomic mass is 10.0. The van der Waals surface area contributed by atoms with Gasteiger partial charge in [0.1, 0.15) is 0 Å². The molecule has 2 rings (SSSR count). The van der Waals surface area contributed by atoms with Gasteiger partial charge in [0, 0.05) is 25.5 Å². The molecule has 6 nitrogen and oxygen atoms in total. The topological polar surface area (TPSA) is 67.2 Å². The van der Waals surface area contributed by atoms with E-state index in [0.717, 1.165) is 13.0 Å². The molecule has 1 fully saturated rings. The van der Waals surface area contributed by atoms with Gasteiger partial charge in [-0.05, 0) is 20.3 Å². The number of imide groups is 1. The summed E-state index contributed by atoms with van der Waals surface area (Å²) in [6.45, 7) is 5.03. The van der Waals surface area contributed by atoms with Crippen molar-refractivity contribution in [2.75, 3.05) is 13.1 Å². The molecule has 2 heterocycles. The summed E-state index contributed by atoms with van der Waals surface area (Å²) in [7, 11) is 0. The van der Waals surface area contributed by atoms with E-state index in [1.165, 1.54) is 4.90 Å². The first-order valence-electron chi connectivity index (χ1n) is 6.06. The van der Waals surface area contributed by atoms with E-state index in [1.807, 2.05) is 10.8 Å². The molecule has 0 spiro atoms. The Hall–Kier alpha value is -1.69. The van der Waals surface area contributed by atoms with Crippen molar-refractivity contribution in [3.63, 3.8) is 0 Å². The van der Waals surface area contributed by atoms with E-state index in [1.54, 1.807) is 26.4 Å². The predicted octanol–water partition coefficient (Wildman–Crippen LogP) is 0.0102. The number of piperazine rings is 1. The second-order valence-corrected chi connectivity index (χ2v) is 4.98. The Labute approximate surface area is 106 Å². The number of rotatable bonds is 4. The molecular formula is C12H18N4O2. The number of carbonyl (C=O) groups excluding carboxylic acids is 2. The zero-order valence-corrected chi connectivity index (χ0v) is 10.7. The van der Waals surface area contributed by atoms with Crippen LogP contribution in [0.3, 0.4) is 0 Å². The third kappa shape index (κ3) is 2.59. The van der Waals surface area contributed by atoms with Gasteiger partial charge < -0.3 is 4.57 Å². The number of carbonyl (C=O) groups is 2. The molecule has 0 saturated carbocycles. The average molecular weight is 250 g/mol. The quantitative estimate of drug-likeness (QED) is 0.764. The molecule has 0 unspecified atom stereocenters. The summed E-state index contributed by atoms with van der Waals surface area (Å²) in [6, 6.07) is 0. The maximum absolute atomic E-state index is 12.1. The Kier molecular flexibility index (Phi) is 3.47. The molecule has 1 saturated heterocycles. The Bertz CT molecular complexity index is 439. The average Bonchev–Trinajstić information content (AvgIpc) is 2.82. The fourth-order valence-corrected chi connectivity index (χ4v) is 1.97. The van der Waals surface area contributed by atoms with Crippen LogP contribution >= 0.6 is 0 Å². The molecule has 1 aliphatic heterocycles. The van der Waals surface area contributed by atoms with Crippen molar-refractivity contribution in [2.45, 2.75) is 32.4 Å². The molecule has 0 radical (unpaired) electrons. The van der Waals surface area contributed by atoms with Crippen LogP contribution in [0.2, 0.25) is 0 Å². The van der Waals surface area contributed by atoms with Crippen molar-refractivity contribution in [2.24, 2.45) is 0 Å². The highest BCUT2D eigenvalue weighted by Gasteiger charge is 2.39. The van der Waals surface area contributed by atoms with Gasteiger partial charge >= 0.3 is 0 Å². The lowest BCUT2D eigenvalue weighted by Crippen LogP contribution is -2.63. The number of nitrogens with zero attached hydrogens (tertiary/aromatic N) is 3. The highest BCUT2D eigenvalue weighted by Crippen LogP contribution is 2.13. The molecular weight excluding hydrogens is 232 g/mol. The van der Waals surface area contributed by atoms with Crippen LogP contribution in [0.25, 0.3) is 0 Å². The van der Waals surface area contributed by atoms with Crippen LogP contribution in [0.5, 0.6) is 0 Å². The van der Waals surface area contributed by atoms with Gasteiger partial charge in [-0.25, -0.2) is 4.98 Å². The fourth-order valence-electron chi connectivity index (χ4n) is 1.97. The minimum absolute atomic E-state index is 0.148. The van der Waals surface area contributed by atoms with E-state index in [0.29, 0.717) is 6.54 Å². The Morgan fingerprint density at radius 1 is 1.39 bits per heavy atom. The number of amides is 2. The summed E-state index contributed by atoms with van der Waals surface area (Å²) in [5, 5.41) is 2.94. The highest BCUT2D eigenvalue weighted by atomic mass is 16.2. The zero-order valence-electron chi connectivity index (χ0n) is 10.7. The van der Waals surface area contributed by atoms with E-state index in [2.05, 4.69) is 10.3 Å². The molecule has 2 amide bonds. The molecule has 18 heavy (non-hydrogen) atoms. The SMILES string of the molecule is CC1(C)NCC(=O)N(CCCn2ccnc2)C1=O. The summed E-state index contributed by atoms with van der Waals surface area (Å²) in [5.41, 5.74) is -0.650. The van der Waals surface area contributed by atoms with Gasteiger partial charge in [0.05, 0.1) is 18.4 Å². The second kappa shape index (κ2) is 4.89. The first-order valence-corrected chi connectivity index (χ1v) is 6.06. The number of aromatic nitrogens is 2. The summed E-state index contributed by atoms with van der Waals surface area (Å²) < 4.78 is 1.93. The summed E-state index contributed by atoms with van der Waals surface area (Å²) >= 11 is 0. The van der Waals surface area contributed by atoms with Gasteiger partial charge in [0.2, 0.25) is 11.8 Å². The maximum Gasteiger partial charge on any atom is 0.248 e. The van der Waals surface area contributed by atoms with Gasteiger partial charge in [0.25, 0.3) is 0 Å². The van der Waals surface area contributed by atoms with Crippen molar-refractivity contribution in [3.8, 4) is 0 Å². The number of hydrogen-bond acceptors (Lipinski definition) is 4.